The van der Waals surface area contributed by atoms with Crippen molar-refractivity contribution in [1.29, 1.82) is 0 Å². The summed E-state index contributed by atoms with van der Waals surface area (Å²) < 4.78 is 0.306. The van der Waals surface area contributed by atoms with Gasteiger partial charge in [-0.2, -0.15) is 0 Å². The van der Waals surface area contributed by atoms with Crippen LogP contribution in [-0.2, 0) is 0 Å². The molecule has 0 aliphatic carbocycles. The molecule has 0 aliphatic rings. The molecular weight excluding hydrogens is 111 g/mol. The lowest BCUT2D eigenvalue weighted by Crippen LogP contribution is -2.04. The Morgan fingerprint density at radius 3 is 1.88 bits per heavy atom. The first kappa shape index (κ1) is 8.27. The van der Waals surface area contributed by atoms with E-state index >= 15 is 0 Å². The van der Waals surface area contributed by atoms with Gasteiger partial charge >= 0.3 is 0 Å². The summed E-state index contributed by atoms with van der Waals surface area (Å²) in [7, 11) is 0. The molecule has 0 spiro atoms. The van der Waals surface area contributed by atoms with Gasteiger partial charge in [0.15, 0.2) is 0 Å². The van der Waals surface area contributed by atoms with Crippen molar-refractivity contribution in [2.75, 3.05) is 0 Å². The lowest BCUT2D eigenvalue weighted by molar-refractivity contribution is 0.633. The van der Waals surface area contributed by atoms with Gasteiger partial charge in [0.2, 0.25) is 0 Å². The van der Waals surface area contributed by atoms with Gasteiger partial charge in [0.25, 0.3) is 0 Å². The number of rotatable bonds is 3. The average molecular weight is 124 g/mol. The van der Waals surface area contributed by atoms with Gasteiger partial charge in [-0.25, -0.2) is 0 Å². The molecule has 0 N–H and O–H groups in total. The number of hydrogen-bond acceptors (Lipinski definition) is 0. The molecule has 0 nitrogen and oxygen atoms in total. The fourth-order valence-electron chi connectivity index (χ4n) is 0.539. The highest BCUT2D eigenvalue weighted by molar-refractivity contribution is 6.16. The maximum Gasteiger partial charge on any atom is 0.136 e. The Hall–Kier alpha value is 0.272. The summed E-state index contributed by atoms with van der Waals surface area (Å²) in [4.78, 5) is 0. The monoisotopic (exact) mass is 124 g/mol. The van der Waals surface area contributed by atoms with Gasteiger partial charge in [0.1, 0.15) is 16.3 Å². The molecule has 2 radical (unpaired) electrons. The first-order chi connectivity index (χ1) is 3.68. The molecule has 1 heteroatoms. The normalized spacial score (nSPS) is 11.2. The van der Waals surface area contributed by atoms with Gasteiger partial charge in [-0.1, -0.05) is 31.0 Å². The van der Waals surface area contributed by atoms with Crippen molar-refractivity contribution >= 4 is 16.3 Å². The molecular formula is C7H13Al. The molecule has 0 aromatic rings. The third-order valence-corrected chi connectivity index (χ3v) is 2.78. The second-order valence-corrected chi connectivity index (χ2v) is 3.29. The first-order valence-corrected chi connectivity index (χ1v) is 3.68. The highest BCUT2D eigenvalue weighted by atomic mass is 27.0. The minimum atomic E-state index is 0.306. The molecule has 0 unspecified atom stereocenters. The Morgan fingerprint density at radius 2 is 1.88 bits per heavy atom. The molecule has 0 bridgehead atoms. The zero-order valence-corrected chi connectivity index (χ0v) is 6.93. The van der Waals surface area contributed by atoms with Crippen molar-refractivity contribution in [3.05, 3.63) is 12.7 Å². The van der Waals surface area contributed by atoms with Crippen LogP contribution in [0.5, 0.6) is 0 Å². The maximum atomic E-state index is 3.75. The zero-order chi connectivity index (χ0) is 6.62. The molecule has 0 aliphatic heterocycles. The van der Waals surface area contributed by atoms with Crippen LogP contribution in [0.15, 0.2) is 12.7 Å². The average Bonchev–Trinajstić information content (AvgIpc) is 1.87. The van der Waals surface area contributed by atoms with Crippen LogP contribution in [0, 0.1) is 0 Å². The van der Waals surface area contributed by atoms with Crippen LogP contribution in [0.4, 0.5) is 0 Å². The summed E-state index contributed by atoms with van der Waals surface area (Å²) in [6.07, 6.45) is 4.34. The Labute approximate surface area is 60.4 Å². The summed E-state index contributed by atoms with van der Waals surface area (Å²) in [6, 6.07) is 0. The fraction of sp³-hybridized carbons (Fsp3) is 0.714. The second-order valence-electron chi connectivity index (χ2n) is 2.14. The van der Waals surface area contributed by atoms with E-state index in [1.807, 2.05) is 6.08 Å². The van der Waals surface area contributed by atoms with Crippen LogP contribution in [0.25, 0.3) is 0 Å². The van der Waals surface area contributed by atoms with Crippen LogP contribution in [0.3, 0.4) is 0 Å². The molecule has 0 aromatic heterocycles. The molecule has 0 saturated carbocycles. The largest absolute Gasteiger partial charge is 0.136 e. The predicted octanol–water partition coefficient (Wildman–Crippen LogP) is 2.32. The SMILES string of the molecule is C=C[C]([Al])(CC)CC. The standard InChI is InChI=1S/C7H13.Al/c1-4-7(5-2)6-3;/h4H,1,5-6H2,2-3H3;. The Kier molecular flexibility index (Phi) is 3.44. The third kappa shape index (κ3) is 2.03. The smallest absolute Gasteiger partial charge is 0.104 e. The van der Waals surface area contributed by atoms with E-state index in [-0.39, 0.29) is 0 Å². The summed E-state index contributed by atoms with van der Waals surface area (Å²) in [5.74, 6) is 0. The maximum absolute atomic E-state index is 3.75. The van der Waals surface area contributed by atoms with Crippen molar-refractivity contribution in [3.63, 3.8) is 0 Å². The first-order valence-electron chi connectivity index (χ1n) is 3.11. The summed E-state index contributed by atoms with van der Waals surface area (Å²) >= 11 is 2.83. The van der Waals surface area contributed by atoms with Gasteiger partial charge in [-0.05, 0) is 0 Å². The van der Waals surface area contributed by atoms with E-state index in [0.717, 1.165) is 12.8 Å². The van der Waals surface area contributed by atoms with Gasteiger partial charge in [0.05, 0.1) is 0 Å². The Balaban J connectivity index is 3.76. The van der Waals surface area contributed by atoms with Gasteiger partial charge in [0, 0.05) is 0 Å². The highest BCUT2D eigenvalue weighted by Gasteiger charge is 2.11. The molecule has 0 aromatic carbocycles. The molecule has 0 fully saturated rings. The minimum Gasteiger partial charge on any atom is -0.104 e. The molecule has 0 saturated heterocycles. The summed E-state index contributed by atoms with van der Waals surface area (Å²) in [6.45, 7) is 8.11. The lowest BCUT2D eigenvalue weighted by Gasteiger charge is -2.22. The van der Waals surface area contributed by atoms with E-state index in [4.69, 9.17) is 0 Å². The Morgan fingerprint density at radius 1 is 1.50 bits per heavy atom. The van der Waals surface area contributed by atoms with Gasteiger partial charge in [-0.3, -0.25) is 0 Å². The highest BCUT2D eigenvalue weighted by Crippen LogP contribution is 2.30. The van der Waals surface area contributed by atoms with Crippen LogP contribution in [-0.4, -0.2) is 16.3 Å². The predicted molar refractivity (Wildman–Crippen MR) is 39.2 cm³/mol. The minimum absolute atomic E-state index is 0.306. The van der Waals surface area contributed by atoms with E-state index in [9.17, 15) is 0 Å². The van der Waals surface area contributed by atoms with Crippen molar-refractivity contribution in [2.24, 2.45) is 0 Å². The molecule has 0 amide bonds. The number of hydrogen-bond donors (Lipinski definition) is 0. The van der Waals surface area contributed by atoms with E-state index in [0.29, 0.717) is 4.28 Å². The summed E-state index contributed by atoms with van der Waals surface area (Å²) in [5, 5.41) is 0. The van der Waals surface area contributed by atoms with Crippen LogP contribution in [0.1, 0.15) is 26.7 Å². The Bertz CT molecular complexity index is 72.5. The fourth-order valence-corrected chi connectivity index (χ4v) is 0.539. The van der Waals surface area contributed by atoms with Crippen molar-refractivity contribution < 1.29 is 0 Å². The zero-order valence-electron chi connectivity index (χ0n) is 5.78. The molecule has 0 rings (SSSR count). The van der Waals surface area contributed by atoms with Crippen molar-refractivity contribution in [2.45, 2.75) is 31.0 Å². The molecule has 0 heterocycles. The van der Waals surface area contributed by atoms with Gasteiger partial charge < -0.3 is 0 Å². The summed E-state index contributed by atoms with van der Waals surface area (Å²) in [5.41, 5.74) is 0. The van der Waals surface area contributed by atoms with Crippen molar-refractivity contribution in [1.82, 2.24) is 0 Å². The topological polar surface area (TPSA) is 0 Å². The quantitative estimate of drug-likeness (QED) is 0.400. The van der Waals surface area contributed by atoms with E-state index in [2.05, 4.69) is 36.7 Å². The van der Waals surface area contributed by atoms with Crippen molar-refractivity contribution in [3.8, 4) is 0 Å². The molecule has 8 heavy (non-hydrogen) atoms. The van der Waals surface area contributed by atoms with E-state index in [1.165, 1.54) is 0 Å². The molecule has 44 valence electrons. The number of allylic oxidation sites excluding steroid dienone is 1. The van der Waals surface area contributed by atoms with E-state index in [1.54, 1.807) is 0 Å². The lowest BCUT2D eigenvalue weighted by atomic mass is 10.0. The van der Waals surface area contributed by atoms with Crippen LogP contribution < -0.4 is 0 Å². The third-order valence-electron chi connectivity index (χ3n) is 1.72. The molecule has 0 atom stereocenters. The second kappa shape index (κ2) is 3.33. The van der Waals surface area contributed by atoms with Crippen LogP contribution >= 0.6 is 0 Å². The van der Waals surface area contributed by atoms with Crippen LogP contribution in [0.2, 0.25) is 4.28 Å². The van der Waals surface area contributed by atoms with E-state index < -0.39 is 0 Å². The van der Waals surface area contributed by atoms with Gasteiger partial charge in [-0.15, -0.1) is 12.7 Å².